The summed E-state index contributed by atoms with van der Waals surface area (Å²) in [6.45, 7) is 1.46. The van der Waals surface area contributed by atoms with E-state index in [0.717, 1.165) is 23.4 Å². The molecule has 1 aliphatic heterocycles. The Kier molecular flexibility index (Phi) is 2.88. The molecule has 0 amide bonds. The quantitative estimate of drug-likeness (QED) is 0.905. The molecule has 20 heavy (non-hydrogen) atoms. The van der Waals surface area contributed by atoms with E-state index in [9.17, 15) is 4.79 Å². The van der Waals surface area contributed by atoms with Crippen molar-refractivity contribution >= 4 is 11.7 Å². The molecule has 0 unspecified atom stereocenters. The fourth-order valence-electron chi connectivity index (χ4n) is 2.46. The molecule has 0 fully saturated rings. The minimum atomic E-state index is -0.898. The SMILES string of the molecule is N#Cc1ccc(N2Cc3ccc(C(=O)O)cc3C2)cc1. The summed E-state index contributed by atoms with van der Waals surface area (Å²) < 4.78 is 0. The Morgan fingerprint density at radius 1 is 1.10 bits per heavy atom. The number of hydrogen-bond acceptors (Lipinski definition) is 3. The average Bonchev–Trinajstić information content (AvgIpc) is 2.90. The Labute approximate surface area is 116 Å². The summed E-state index contributed by atoms with van der Waals surface area (Å²) in [5.74, 6) is -0.898. The first kappa shape index (κ1) is 12.2. The maximum absolute atomic E-state index is 11.0. The van der Waals surface area contributed by atoms with Crippen molar-refractivity contribution in [1.29, 1.82) is 5.26 Å². The molecule has 2 aromatic rings. The van der Waals surface area contributed by atoms with Crippen LogP contribution in [0.3, 0.4) is 0 Å². The fourth-order valence-corrected chi connectivity index (χ4v) is 2.46. The Morgan fingerprint density at radius 2 is 1.80 bits per heavy atom. The van der Waals surface area contributed by atoms with E-state index in [1.807, 2.05) is 18.2 Å². The van der Waals surface area contributed by atoms with E-state index >= 15 is 0 Å². The van der Waals surface area contributed by atoms with Gasteiger partial charge in [0, 0.05) is 18.8 Å². The van der Waals surface area contributed by atoms with Crippen molar-refractivity contribution in [2.45, 2.75) is 13.1 Å². The summed E-state index contributed by atoms with van der Waals surface area (Å²) in [5, 5.41) is 17.8. The highest BCUT2D eigenvalue weighted by Gasteiger charge is 2.20. The summed E-state index contributed by atoms with van der Waals surface area (Å²) in [5.41, 5.74) is 4.20. The first-order chi connectivity index (χ1) is 9.67. The summed E-state index contributed by atoms with van der Waals surface area (Å²) in [6, 6.07) is 14.8. The van der Waals surface area contributed by atoms with Crippen LogP contribution in [-0.2, 0) is 13.1 Å². The molecule has 98 valence electrons. The average molecular weight is 264 g/mol. The van der Waals surface area contributed by atoms with Gasteiger partial charge in [0.15, 0.2) is 0 Å². The standard InChI is InChI=1S/C16H12N2O2/c17-8-11-1-5-15(6-2-11)18-9-13-4-3-12(16(19)20)7-14(13)10-18/h1-7H,9-10H2,(H,19,20). The van der Waals surface area contributed by atoms with Crippen LogP contribution in [0, 0.1) is 11.3 Å². The van der Waals surface area contributed by atoms with Crippen LogP contribution in [0.15, 0.2) is 42.5 Å². The van der Waals surface area contributed by atoms with E-state index in [1.54, 1.807) is 24.3 Å². The van der Waals surface area contributed by atoms with Crippen LogP contribution in [0.4, 0.5) is 5.69 Å². The molecule has 0 saturated carbocycles. The number of fused-ring (bicyclic) bond motifs is 1. The van der Waals surface area contributed by atoms with Gasteiger partial charge in [-0.1, -0.05) is 6.07 Å². The molecule has 0 spiro atoms. The van der Waals surface area contributed by atoms with Gasteiger partial charge in [-0.05, 0) is 47.5 Å². The number of benzene rings is 2. The molecule has 0 aliphatic carbocycles. The lowest BCUT2D eigenvalue weighted by molar-refractivity contribution is 0.0697. The lowest BCUT2D eigenvalue weighted by atomic mass is 10.1. The van der Waals surface area contributed by atoms with Crippen LogP contribution in [0.5, 0.6) is 0 Å². The van der Waals surface area contributed by atoms with Crippen molar-refractivity contribution in [3.8, 4) is 6.07 Å². The number of carbonyl (C=O) groups is 1. The maximum atomic E-state index is 11.0. The molecule has 0 atom stereocenters. The summed E-state index contributed by atoms with van der Waals surface area (Å²) >= 11 is 0. The normalized spacial score (nSPS) is 12.8. The van der Waals surface area contributed by atoms with Gasteiger partial charge in [0.1, 0.15) is 0 Å². The van der Waals surface area contributed by atoms with Crippen LogP contribution in [0.1, 0.15) is 27.0 Å². The predicted octanol–water partition coefficient (Wildman–Crippen LogP) is 2.78. The van der Waals surface area contributed by atoms with Gasteiger partial charge >= 0.3 is 5.97 Å². The van der Waals surface area contributed by atoms with Gasteiger partial charge in [0.05, 0.1) is 17.2 Å². The highest BCUT2D eigenvalue weighted by Crippen LogP contribution is 2.29. The molecule has 0 aromatic heterocycles. The number of nitriles is 1. The van der Waals surface area contributed by atoms with Gasteiger partial charge in [0.25, 0.3) is 0 Å². The monoisotopic (exact) mass is 264 g/mol. The van der Waals surface area contributed by atoms with Crippen LogP contribution >= 0.6 is 0 Å². The number of carboxylic acid groups (broad SMARTS) is 1. The number of nitrogens with zero attached hydrogens (tertiary/aromatic N) is 2. The van der Waals surface area contributed by atoms with E-state index in [-0.39, 0.29) is 0 Å². The highest BCUT2D eigenvalue weighted by molar-refractivity contribution is 5.88. The first-order valence-corrected chi connectivity index (χ1v) is 6.27. The van der Waals surface area contributed by atoms with E-state index in [1.165, 1.54) is 0 Å². The van der Waals surface area contributed by atoms with Crippen molar-refractivity contribution in [1.82, 2.24) is 0 Å². The van der Waals surface area contributed by atoms with Crippen molar-refractivity contribution in [3.63, 3.8) is 0 Å². The minimum Gasteiger partial charge on any atom is -0.478 e. The molecule has 0 radical (unpaired) electrons. The molecule has 4 heteroatoms. The molecule has 3 rings (SSSR count). The molecule has 1 heterocycles. The van der Waals surface area contributed by atoms with Gasteiger partial charge in [0.2, 0.25) is 0 Å². The molecular formula is C16H12N2O2. The summed E-state index contributed by atoms with van der Waals surface area (Å²) in [4.78, 5) is 13.1. The largest absolute Gasteiger partial charge is 0.478 e. The summed E-state index contributed by atoms with van der Waals surface area (Å²) in [6.07, 6.45) is 0. The number of anilines is 1. The smallest absolute Gasteiger partial charge is 0.335 e. The fraction of sp³-hybridized carbons (Fsp3) is 0.125. The molecule has 2 aromatic carbocycles. The second-order valence-electron chi connectivity index (χ2n) is 4.80. The predicted molar refractivity (Wildman–Crippen MR) is 74.4 cm³/mol. The molecule has 4 nitrogen and oxygen atoms in total. The molecule has 1 N–H and O–H groups in total. The van der Waals surface area contributed by atoms with Gasteiger partial charge in [-0.2, -0.15) is 5.26 Å². The van der Waals surface area contributed by atoms with Crippen molar-refractivity contribution < 1.29 is 9.90 Å². The first-order valence-electron chi connectivity index (χ1n) is 6.27. The van der Waals surface area contributed by atoms with E-state index in [4.69, 9.17) is 10.4 Å². The Morgan fingerprint density at radius 3 is 2.45 bits per heavy atom. The summed E-state index contributed by atoms with van der Waals surface area (Å²) in [7, 11) is 0. The van der Waals surface area contributed by atoms with Gasteiger partial charge in [-0.25, -0.2) is 4.79 Å². The van der Waals surface area contributed by atoms with E-state index < -0.39 is 5.97 Å². The van der Waals surface area contributed by atoms with Crippen LogP contribution < -0.4 is 4.90 Å². The zero-order chi connectivity index (χ0) is 14.1. The van der Waals surface area contributed by atoms with E-state index in [2.05, 4.69) is 11.0 Å². The van der Waals surface area contributed by atoms with Gasteiger partial charge < -0.3 is 10.0 Å². The Bertz CT molecular complexity index is 714. The van der Waals surface area contributed by atoms with Crippen LogP contribution in [0.25, 0.3) is 0 Å². The third-order valence-electron chi connectivity index (χ3n) is 3.54. The lowest BCUT2D eigenvalue weighted by Gasteiger charge is -2.17. The number of hydrogen-bond donors (Lipinski definition) is 1. The third kappa shape index (κ3) is 2.10. The zero-order valence-corrected chi connectivity index (χ0v) is 10.7. The maximum Gasteiger partial charge on any atom is 0.335 e. The molecule has 1 aliphatic rings. The molecule has 0 saturated heterocycles. The Balaban J connectivity index is 1.86. The van der Waals surface area contributed by atoms with Crippen LogP contribution in [0.2, 0.25) is 0 Å². The number of carboxylic acids is 1. The van der Waals surface area contributed by atoms with Crippen LogP contribution in [-0.4, -0.2) is 11.1 Å². The van der Waals surface area contributed by atoms with Crippen molar-refractivity contribution in [2.24, 2.45) is 0 Å². The highest BCUT2D eigenvalue weighted by atomic mass is 16.4. The lowest BCUT2D eigenvalue weighted by Crippen LogP contribution is -2.14. The number of rotatable bonds is 2. The third-order valence-corrected chi connectivity index (χ3v) is 3.54. The minimum absolute atomic E-state index is 0.324. The second-order valence-corrected chi connectivity index (χ2v) is 4.80. The van der Waals surface area contributed by atoms with Crippen molar-refractivity contribution in [2.75, 3.05) is 4.90 Å². The van der Waals surface area contributed by atoms with Gasteiger partial charge in [-0.3, -0.25) is 0 Å². The van der Waals surface area contributed by atoms with E-state index in [0.29, 0.717) is 17.7 Å². The Hall–Kier alpha value is -2.80. The molecular weight excluding hydrogens is 252 g/mol. The zero-order valence-electron chi connectivity index (χ0n) is 10.7. The second kappa shape index (κ2) is 4.71. The topological polar surface area (TPSA) is 64.3 Å². The molecule has 0 bridgehead atoms. The van der Waals surface area contributed by atoms with Gasteiger partial charge in [-0.15, -0.1) is 0 Å². The van der Waals surface area contributed by atoms with Crippen molar-refractivity contribution in [3.05, 3.63) is 64.7 Å². The number of aromatic carboxylic acids is 1.